The van der Waals surface area contributed by atoms with Crippen molar-refractivity contribution < 1.29 is 23.9 Å². The molecule has 50 heavy (non-hydrogen) atoms. The van der Waals surface area contributed by atoms with Gasteiger partial charge in [-0.3, -0.25) is 14.4 Å². The first kappa shape index (κ1) is 34.3. The molecule has 256 valence electrons. The van der Waals surface area contributed by atoms with Gasteiger partial charge in [-0.1, -0.05) is 48.0 Å². The number of ketones is 1. The third-order valence-electron chi connectivity index (χ3n) is 8.57. The highest BCUT2D eigenvalue weighted by Crippen LogP contribution is 2.35. The number of nitrogen functional groups attached to an aromatic ring is 1. The molecule has 6 rings (SSSR count). The number of ether oxygens (including phenoxy) is 1. The highest BCUT2D eigenvalue weighted by molar-refractivity contribution is 6.31. The Labute approximate surface area is 294 Å². The quantitative estimate of drug-likeness (QED) is 0.0964. The van der Waals surface area contributed by atoms with E-state index in [2.05, 4.69) is 20.7 Å². The lowest BCUT2D eigenvalue weighted by Gasteiger charge is -2.21. The maximum atomic E-state index is 14.0. The molecule has 3 aromatic carbocycles. The number of hydrogen-bond donors (Lipinski definition) is 3. The third kappa shape index (κ3) is 7.23. The van der Waals surface area contributed by atoms with Crippen molar-refractivity contribution >= 4 is 46.5 Å². The van der Waals surface area contributed by atoms with Gasteiger partial charge in [-0.25, -0.2) is 14.3 Å². The summed E-state index contributed by atoms with van der Waals surface area (Å²) in [4.78, 5) is 58.4. The number of nitrogens with zero attached hydrogens (tertiary/aromatic N) is 3. The Morgan fingerprint density at radius 1 is 1.00 bits per heavy atom. The number of hydrogen-bond acceptors (Lipinski definition) is 8. The number of Topliss-reactive ketones (excluding diaryl/α,β-unsaturated/α-hetero) is 1. The Hall–Kier alpha value is -5.55. The van der Waals surface area contributed by atoms with Crippen LogP contribution in [-0.4, -0.2) is 43.8 Å². The average Bonchev–Trinajstić information content (AvgIpc) is 3.68. The van der Waals surface area contributed by atoms with Gasteiger partial charge < -0.3 is 21.1 Å². The van der Waals surface area contributed by atoms with E-state index in [1.165, 1.54) is 16.8 Å². The second-order valence-electron chi connectivity index (χ2n) is 13.3. The fourth-order valence-corrected chi connectivity index (χ4v) is 6.34. The number of aromatic nitrogens is 3. The van der Waals surface area contributed by atoms with Crippen molar-refractivity contribution in [1.29, 1.82) is 0 Å². The lowest BCUT2D eigenvalue weighted by molar-refractivity contribution is 0.00682. The Morgan fingerprint density at radius 2 is 1.78 bits per heavy atom. The lowest BCUT2D eigenvalue weighted by atomic mass is 9.97. The number of benzene rings is 3. The van der Waals surface area contributed by atoms with Gasteiger partial charge in [0.2, 0.25) is 0 Å². The number of amides is 2. The summed E-state index contributed by atoms with van der Waals surface area (Å²) in [6.45, 7) is 7.51. The van der Waals surface area contributed by atoms with Gasteiger partial charge >= 0.3 is 5.97 Å². The fourth-order valence-electron chi connectivity index (χ4n) is 6.14. The second kappa shape index (κ2) is 13.8. The van der Waals surface area contributed by atoms with Crippen LogP contribution in [0.4, 0.5) is 5.69 Å². The molecule has 1 aliphatic rings. The van der Waals surface area contributed by atoms with Crippen molar-refractivity contribution in [1.82, 2.24) is 25.2 Å². The van der Waals surface area contributed by atoms with Gasteiger partial charge in [0.1, 0.15) is 17.0 Å². The molecule has 12 heteroatoms. The molecule has 11 nitrogen and oxygen atoms in total. The van der Waals surface area contributed by atoms with E-state index in [-0.39, 0.29) is 47.4 Å². The number of carbonyl (C=O) groups is 4. The number of fused-ring (bicyclic) bond motifs is 2. The zero-order valence-electron chi connectivity index (χ0n) is 28.2. The number of esters is 1. The van der Waals surface area contributed by atoms with Crippen LogP contribution in [0.3, 0.4) is 0 Å². The summed E-state index contributed by atoms with van der Waals surface area (Å²) in [6.07, 6.45) is 2.56. The van der Waals surface area contributed by atoms with Gasteiger partial charge in [-0.05, 0) is 92.6 Å². The zero-order valence-corrected chi connectivity index (χ0v) is 28.9. The average molecular weight is 693 g/mol. The predicted molar refractivity (Wildman–Crippen MR) is 189 cm³/mol. The van der Waals surface area contributed by atoms with Crippen molar-refractivity contribution in [2.45, 2.75) is 65.1 Å². The van der Waals surface area contributed by atoms with Crippen molar-refractivity contribution in [3.05, 3.63) is 128 Å². The monoisotopic (exact) mass is 692 g/mol. The fraction of sp³-hybridized carbons (Fsp3) is 0.263. The smallest absolute Gasteiger partial charge is 0.338 e. The zero-order chi connectivity index (χ0) is 35.7. The van der Waals surface area contributed by atoms with Gasteiger partial charge in [0.25, 0.3) is 11.8 Å². The molecule has 0 bridgehead atoms. The van der Waals surface area contributed by atoms with Gasteiger partial charge in [0, 0.05) is 29.7 Å². The molecule has 0 radical (unpaired) electrons. The normalized spacial score (nSPS) is 13.9. The molecule has 2 amide bonds. The largest absolute Gasteiger partial charge is 0.456 e. The van der Waals surface area contributed by atoms with E-state index in [0.29, 0.717) is 34.7 Å². The van der Waals surface area contributed by atoms with E-state index in [0.717, 1.165) is 22.3 Å². The maximum Gasteiger partial charge on any atom is 0.338 e. The van der Waals surface area contributed by atoms with Gasteiger partial charge in [0.05, 0.1) is 23.4 Å². The minimum absolute atomic E-state index is 0.0245. The van der Waals surface area contributed by atoms with Gasteiger partial charge in [0.15, 0.2) is 11.4 Å². The first-order chi connectivity index (χ1) is 23.8. The van der Waals surface area contributed by atoms with Crippen LogP contribution < -0.4 is 16.4 Å². The van der Waals surface area contributed by atoms with Crippen LogP contribution in [0, 0.1) is 6.92 Å². The van der Waals surface area contributed by atoms with Crippen LogP contribution in [0.25, 0.3) is 5.65 Å². The number of nitrogens with two attached hydrogens (primary N) is 1. The molecule has 0 aliphatic heterocycles. The van der Waals surface area contributed by atoms with Crippen LogP contribution in [-0.2, 0) is 24.1 Å². The molecule has 2 heterocycles. The van der Waals surface area contributed by atoms with Gasteiger partial charge in [-0.2, -0.15) is 5.10 Å². The van der Waals surface area contributed by atoms with Gasteiger partial charge in [-0.15, -0.1) is 0 Å². The molecule has 0 saturated carbocycles. The first-order valence-corrected chi connectivity index (χ1v) is 16.6. The number of carbonyl (C=O) groups excluding carboxylic acids is 4. The van der Waals surface area contributed by atoms with Crippen molar-refractivity contribution in [2.75, 3.05) is 5.73 Å². The van der Waals surface area contributed by atoms with E-state index >= 15 is 0 Å². The number of nitrogens with one attached hydrogen (secondary N) is 2. The number of rotatable bonds is 9. The lowest BCUT2D eigenvalue weighted by Crippen LogP contribution is -2.31. The van der Waals surface area contributed by atoms with Crippen LogP contribution >= 0.6 is 11.6 Å². The summed E-state index contributed by atoms with van der Waals surface area (Å²) < 4.78 is 6.87. The maximum absolute atomic E-state index is 14.0. The number of anilines is 1. The summed E-state index contributed by atoms with van der Waals surface area (Å²) in [6, 6.07) is 18.7. The van der Waals surface area contributed by atoms with Crippen LogP contribution in [0.2, 0.25) is 5.02 Å². The molecular weight excluding hydrogens is 656 g/mol. The summed E-state index contributed by atoms with van der Waals surface area (Å²) in [5, 5.41) is 10.7. The van der Waals surface area contributed by atoms with E-state index in [1.54, 1.807) is 48.5 Å². The molecule has 0 saturated heterocycles. The molecular formula is C38H37ClN6O5. The molecule has 2 aromatic heterocycles. The van der Waals surface area contributed by atoms with E-state index < -0.39 is 23.4 Å². The second-order valence-corrected chi connectivity index (χ2v) is 13.7. The van der Waals surface area contributed by atoms with E-state index in [9.17, 15) is 19.2 Å². The van der Waals surface area contributed by atoms with Crippen molar-refractivity contribution in [3.63, 3.8) is 0 Å². The first-order valence-electron chi connectivity index (χ1n) is 16.2. The minimum Gasteiger partial charge on any atom is -0.456 e. The van der Waals surface area contributed by atoms with Crippen LogP contribution in [0.5, 0.6) is 0 Å². The predicted octanol–water partition coefficient (Wildman–Crippen LogP) is 6.00. The SMILES string of the molecule is Cc1c(C(=O)OC(C)(C)C)ccc2c1CC[C@@H]2NC(=O)c1cc(C(=O)NCc2cccc(N)c2)nc2c(C(=O)Cc3ccccc3Cl)cnn12. The Balaban J connectivity index is 1.32. The molecule has 1 atom stereocenters. The Bertz CT molecular complexity index is 2170. The molecule has 0 fully saturated rings. The topological polar surface area (TPSA) is 158 Å². The van der Waals surface area contributed by atoms with Crippen LogP contribution in [0.15, 0.2) is 72.9 Å². The highest BCUT2D eigenvalue weighted by Gasteiger charge is 2.30. The minimum atomic E-state index is -0.633. The highest BCUT2D eigenvalue weighted by atomic mass is 35.5. The Kier molecular flexibility index (Phi) is 9.44. The van der Waals surface area contributed by atoms with Crippen molar-refractivity contribution in [3.8, 4) is 0 Å². The van der Waals surface area contributed by atoms with Crippen LogP contribution in [0.1, 0.15) is 103 Å². The molecule has 0 spiro atoms. The summed E-state index contributed by atoms with van der Waals surface area (Å²) in [5.41, 5.74) is 10.6. The molecule has 4 N–H and O–H groups in total. The third-order valence-corrected chi connectivity index (χ3v) is 8.94. The van der Waals surface area contributed by atoms with E-state index in [1.807, 2.05) is 39.8 Å². The molecule has 0 unspecified atom stereocenters. The van der Waals surface area contributed by atoms with E-state index in [4.69, 9.17) is 22.1 Å². The standard InChI is InChI=1S/C38H37ClN6O5/c1-21-25-14-15-30(27(25)13-12-26(21)37(49)50-38(2,3)4)44-36(48)32-18-31(35(47)41-19-22-8-7-10-24(40)16-22)43-34-28(20-42-45(32)34)33(46)17-23-9-5-6-11-29(23)39/h5-13,16,18,20,30H,14-15,17,19,40H2,1-4H3,(H,41,47)(H,44,48)/t30-/m0/s1. The Morgan fingerprint density at radius 3 is 2.52 bits per heavy atom. The summed E-state index contributed by atoms with van der Waals surface area (Å²) in [5.74, 6) is -1.79. The molecule has 5 aromatic rings. The summed E-state index contributed by atoms with van der Waals surface area (Å²) >= 11 is 6.33. The van der Waals surface area contributed by atoms with Crippen molar-refractivity contribution in [2.24, 2.45) is 0 Å². The number of halogens is 1. The summed E-state index contributed by atoms with van der Waals surface area (Å²) in [7, 11) is 0. The molecule has 1 aliphatic carbocycles.